The number of nitriles is 1. The van der Waals surface area contributed by atoms with Gasteiger partial charge in [-0.2, -0.15) is 5.26 Å². The number of hydrogen-bond acceptors (Lipinski definition) is 10. The van der Waals surface area contributed by atoms with Gasteiger partial charge in [-0.15, -0.1) is 0 Å². The number of aryl methyl sites for hydroxylation is 1. The number of rotatable bonds is 3. The van der Waals surface area contributed by atoms with E-state index in [-0.39, 0.29) is 37.9 Å². The summed E-state index contributed by atoms with van der Waals surface area (Å²) in [6, 6.07) is 33.2. The highest BCUT2D eigenvalue weighted by Gasteiger charge is 2.40. The van der Waals surface area contributed by atoms with E-state index in [0.29, 0.717) is 16.1 Å². The maximum absolute atomic E-state index is 12.7. The summed E-state index contributed by atoms with van der Waals surface area (Å²) in [4.78, 5) is 35.3. The molecular weight excluding hydrogens is 778 g/mol. The molecule has 15 heteroatoms. The molecule has 0 saturated carbocycles. The number of carbonyl (C=O) groups excluding carboxylic acids is 3. The number of benzene rings is 5. The molecule has 2 heterocycles. The van der Waals surface area contributed by atoms with Crippen molar-refractivity contribution in [1.82, 2.24) is 8.61 Å². The molecule has 2 aliphatic heterocycles. The van der Waals surface area contributed by atoms with Crippen LogP contribution in [-0.4, -0.2) is 67.6 Å². The molecule has 0 bridgehead atoms. The Hall–Kier alpha value is -6.53. The lowest BCUT2D eigenvalue weighted by atomic mass is 10.0. The molecule has 56 heavy (non-hydrogen) atoms. The summed E-state index contributed by atoms with van der Waals surface area (Å²) < 4.78 is 51.9. The molecule has 284 valence electrons. The highest BCUT2D eigenvalue weighted by Crippen LogP contribution is 2.35. The third-order valence-corrected chi connectivity index (χ3v) is 12.6. The van der Waals surface area contributed by atoms with Crippen LogP contribution in [0.3, 0.4) is 0 Å². The van der Waals surface area contributed by atoms with E-state index in [1.807, 2.05) is 37.3 Å². The fraction of sp³-hybridized carbons (Fsp3) is 0.0732. The predicted molar refractivity (Wildman–Crippen MR) is 210 cm³/mol. The summed E-state index contributed by atoms with van der Waals surface area (Å²) in [5.74, 6) is -1.99. The molecule has 7 rings (SSSR count). The van der Waals surface area contributed by atoms with Crippen LogP contribution in [0.5, 0.6) is 0 Å². The number of allylic oxidation sites excluding steroid dienone is 2. The van der Waals surface area contributed by atoms with Crippen LogP contribution in [0.4, 0.5) is 0 Å². The number of nitrogens with zero attached hydrogens (tertiary/aromatic N) is 3. The smallest absolute Gasteiger partial charge is 0.265 e. The topological polar surface area (TPSA) is 190 Å². The van der Waals surface area contributed by atoms with Crippen molar-refractivity contribution in [3.05, 3.63) is 177 Å². The molecule has 5 aromatic carbocycles. The van der Waals surface area contributed by atoms with Gasteiger partial charge in [0.05, 0.1) is 21.4 Å². The first kappa shape index (κ1) is 40.7. The van der Waals surface area contributed by atoms with Gasteiger partial charge >= 0.3 is 0 Å². The second kappa shape index (κ2) is 16.5. The number of carbonyl (C=O) groups is 3. The monoisotopic (exact) mass is 809 g/mol. The molecule has 2 N–H and O–H groups in total. The van der Waals surface area contributed by atoms with Gasteiger partial charge < -0.3 is 10.2 Å². The van der Waals surface area contributed by atoms with Crippen molar-refractivity contribution in [2.24, 2.45) is 0 Å². The Morgan fingerprint density at radius 1 is 0.643 bits per heavy atom. The Bertz CT molecular complexity index is 2690. The van der Waals surface area contributed by atoms with Crippen LogP contribution in [0.2, 0.25) is 5.02 Å². The molecule has 0 aliphatic carbocycles. The van der Waals surface area contributed by atoms with Crippen LogP contribution < -0.4 is 0 Å². The summed E-state index contributed by atoms with van der Waals surface area (Å²) in [5.41, 5.74) is 2.31. The highest BCUT2D eigenvalue weighted by atomic mass is 35.5. The maximum Gasteiger partial charge on any atom is 0.265 e. The first-order valence-electron chi connectivity index (χ1n) is 16.4. The molecule has 0 saturated heterocycles. The molecule has 0 fully saturated rings. The second-order valence-electron chi connectivity index (χ2n) is 12.2. The molecule has 0 radical (unpaired) electrons. The number of likely N-dealkylation sites (N-methyl/N-ethyl adjacent to an activating group) is 2. The summed E-state index contributed by atoms with van der Waals surface area (Å²) in [7, 11) is -5.36. The van der Waals surface area contributed by atoms with E-state index in [1.165, 1.54) is 86.4 Å². The number of fused-ring (bicyclic) bond motifs is 2. The number of aliphatic hydroxyl groups excluding tert-OH is 2. The van der Waals surface area contributed by atoms with Crippen LogP contribution in [0.1, 0.15) is 53.3 Å². The second-order valence-corrected chi connectivity index (χ2v) is 16.5. The summed E-state index contributed by atoms with van der Waals surface area (Å²) >= 11 is 5.80. The van der Waals surface area contributed by atoms with E-state index < -0.39 is 43.1 Å². The van der Waals surface area contributed by atoms with Gasteiger partial charge in [0, 0.05) is 46.9 Å². The quantitative estimate of drug-likeness (QED) is 0.107. The van der Waals surface area contributed by atoms with Gasteiger partial charge in [-0.05, 0) is 79.7 Å². The Labute approximate surface area is 328 Å². The summed E-state index contributed by atoms with van der Waals surface area (Å²) in [6.45, 7) is 1.99. The molecule has 0 unspecified atom stereocenters. The van der Waals surface area contributed by atoms with Crippen LogP contribution in [0.25, 0.3) is 11.5 Å². The van der Waals surface area contributed by atoms with Crippen molar-refractivity contribution in [3.8, 4) is 6.07 Å². The van der Waals surface area contributed by atoms with Crippen LogP contribution in [0, 0.1) is 18.3 Å². The zero-order chi connectivity index (χ0) is 40.9. The molecule has 0 spiro atoms. The normalized spacial score (nSPS) is 16.7. The van der Waals surface area contributed by atoms with Crippen molar-refractivity contribution in [2.45, 2.75) is 16.7 Å². The van der Waals surface area contributed by atoms with Crippen molar-refractivity contribution >= 4 is 61.0 Å². The Morgan fingerprint density at radius 2 is 1.04 bits per heavy atom. The fourth-order valence-electron chi connectivity index (χ4n) is 5.58. The van der Waals surface area contributed by atoms with E-state index in [9.17, 15) is 41.4 Å². The molecule has 12 nitrogen and oxygen atoms in total. The minimum Gasteiger partial charge on any atom is -0.505 e. The third-order valence-electron chi connectivity index (χ3n) is 8.67. The van der Waals surface area contributed by atoms with Gasteiger partial charge in [0.25, 0.3) is 20.0 Å². The van der Waals surface area contributed by atoms with Gasteiger partial charge in [0.15, 0.2) is 11.5 Å². The average Bonchev–Trinajstić information content (AvgIpc) is 3.21. The molecular formula is C41H32ClN3O9S2. The number of ketones is 2. The standard InChI is InChI=1S/C17H12N2O4S.C16H12ClNO4S.C8H8O/c1-19-15(16(20)12-8-6-11(10-18)7-9-12)17(21)13-4-2-3-5-14(13)24(19,22)23;1-18-14(15(19)10-6-8-11(17)9-7-10)16(20)12-4-2-3-5-13(12)23(18,21)22;1-7-2-4-8(6-9)5-3-7/h2-9,20H,1H3;2-9,19H,1H3;2-6H,1H3. The van der Waals surface area contributed by atoms with Gasteiger partial charge in [-0.1, -0.05) is 65.7 Å². The van der Waals surface area contributed by atoms with Gasteiger partial charge in [-0.3, -0.25) is 23.0 Å². The van der Waals surface area contributed by atoms with E-state index >= 15 is 0 Å². The van der Waals surface area contributed by atoms with Gasteiger partial charge in [-0.25, -0.2) is 16.8 Å². The number of hydrogen-bond donors (Lipinski definition) is 2. The summed E-state index contributed by atoms with van der Waals surface area (Å²) in [5, 5.41) is 30.2. The number of aldehydes is 1. The Kier molecular flexibility index (Phi) is 11.9. The van der Waals surface area contributed by atoms with E-state index in [1.54, 1.807) is 30.3 Å². The molecule has 0 aromatic heterocycles. The zero-order valence-electron chi connectivity index (χ0n) is 29.9. The lowest BCUT2D eigenvalue weighted by Crippen LogP contribution is -2.37. The van der Waals surface area contributed by atoms with Crippen molar-refractivity contribution in [1.29, 1.82) is 5.26 Å². The lowest BCUT2D eigenvalue weighted by molar-refractivity contribution is 0.0995. The molecule has 0 amide bonds. The average molecular weight is 810 g/mol. The molecule has 5 aromatic rings. The zero-order valence-corrected chi connectivity index (χ0v) is 32.3. The maximum atomic E-state index is 12.7. The predicted octanol–water partition coefficient (Wildman–Crippen LogP) is 7.19. The largest absolute Gasteiger partial charge is 0.505 e. The van der Waals surface area contributed by atoms with E-state index in [2.05, 4.69) is 0 Å². The summed E-state index contributed by atoms with van der Waals surface area (Å²) in [6.07, 6.45) is 0.847. The van der Waals surface area contributed by atoms with Crippen molar-refractivity contribution in [3.63, 3.8) is 0 Å². The SMILES string of the molecule is CN1C(=C(O)c2ccc(C#N)cc2)C(=O)c2ccccc2S1(=O)=O.CN1C(=C(O)c2ccc(Cl)cc2)C(=O)c2ccccc2S1(=O)=O.Cc1ccc(C=O)cc1. The Morgan fingerprint density at radius 3 is 1.43 bits per heavy atom. The van der Waals surface area contributed by atoms with Crippen LogP contribution in [-0.2, 0) is 20.0 Å². The molecule has 2 aliphatic rings. The van der Waals surface area contributed by atoms with Crippen molar-refractivity contribution < 1.29 is 41.4 Å². The van der Waals surface area contributed by atoms with Gasteiger partial charge in [0.2, 0.25) is 11.6 Å². The third kappa shape index (κ3) is 7.96. The number of Topliss-reactive ketones (excluding diaryl/α,β-unsaturated/α-hetero) is 2. The fourth-order valence-corrected chi connectivity index (χ4v) is 8.49. The minimum absolute atomic E-state index is 0.0193. The van der Waals surface area contributed by atoms with E-state index in [4.69, 9.17) is 16.9 Å². The number of halogens is 1. The lowest BCUT2D eigenvalue weighted by Gasteiger charge is -2.28. The van der Waals surface area contributed by atoms with Crippen LogP contribution in [0.15, 0.2) is 143 Å². The highest BCUT2D eigenvalue weighted by molar-refractivity contribution is 7.89. The first-order valence-corrected chi connectivity index (χ1v) is 19.7. The number of aliphatic hydroxyl groups is 2. The number of sulfonamides is 2. The van der Waals surface area contributed by atoms with Gasteiger partial charge in [0.1, 0.15) is 17.7 Å². The molecule has 0 atom stereocenters. The van der Waals surface area contributed by atoms with Crippen molar-refractivity contribution in [2.75, 3.05) is 14.1 Å². The minimum atomic E-state index is -3.93. The van der Waals surface area contributed by atoms with E-state index in [0.717, 1.165) is 20.5 Å². The van der Waals surface area contributed by atoms with Crippen LogP contribution >= 0.6 is 11.6 Å². The Balaban J connectivity index is 0.000000176. The first-order chi connectivity index (χ1) is 26.5.